The maximum atomic E-state index is 13.2. The third-order valence-electron chi connectivity index (χ3n) is 6.72. The fraction of sp³-hybridized carbons (Fsp3) is 0.696. The van der Waals surface area contributed by atoms with Crippen LogP contribution in [0, 0.1) is 0 Å². The first-order chi connectivity index (χ1) is 14.6. The molecular formula is C23H34N4O2S. The van der Waals surface area contributed by atoms with E-state index in [1.807, 2.05) is 21.9 Å². The molecule has 3 aliphatic rings. The molecule has 6 nitrogen and oxygen atoms in total. The third-order valence-corrected chi connectivity index (χ3v) is 8.08. The van der Waals surface area contributed by atoms with Crippen molar-refractivity contribution in [3.63, 3.8) is 0 Å². The van der Waals surface area contributed by atoms with Gasteiger partial charge in [0.25, 0.3) is 5.91 Å². The van der Waals surface area contributed by atoms with Gasteiger partial charge in [-0.3, -0.25) is 14.5 Å². The van der Waals surface area contributed by atoms with E-state index in [2.05, 4.69) is 16.8 Å². The van der Waals surface area contributed by atoms with Crippen molar-refractivity contribution in [2.75, 3.05) is 39.3 Å². The first-order valence-corrected chi connectivity index (χ1v) is 12.4. The number of carbonyl (C=O) groups is 2. The van der Waals surface area contributed by atoms with Crippen molar-refractivity contribution in [2.45, 2.75) is 68.2 Å². The van der Waals surface area contributed by atoms with Crippen molar-refractivity contribution in [1.82, 2.24) is 19.7 Å². The lowest BCUT2D eigenvalue weighted by molar-refractivity contribution is -0.136. The van der Waals surface area contributed by atoms with Gasteiger partial charge >= 0.3 is 0 Å². The Morgan fingerprint density at radius 3 is 2.50 bits per heavy atom. The number of amides is 2. The summed E-state index contributed by atoms with van der Waals surface area (Å²) in [5.41, 5.74) is 0.737. The van der Waals surface area contributed by atoms with Gasteiger partial charge in [0.1, 0.15) is 5.03 Å². The van der Waals surface area contributed by atoms with E-state index in [-0.39, 0.29) is 11.8 Å². The quantitative estimate of drug-likeness (QED) is 0.718. The summed E-state index contributed by atoms with van der Waals surface area (Å²) in [5.74, 6) is 0.323. The van der Waals surface area contributed by atoms with Gasteiger partial charge in [-0.15, -0.1) is 11.8 Å². The summed E-state index contributed by atoms with van der Waals surface area (Å²) in [6.07, 6.45) is 10.2. The number of hydrogen-bond acceptors (Lipinski definition) is 5. The van der Waals surface area contributed by atoms with Crippen LogP contribution in [0.2, 0.25) is 0 Å². The number of likely N-dealkylation sites (tertiary alicyclic amines) is 1. The zero-order chi connectivity index (χ0) is 20.9. The topological polar surface area (TPSA) is 56.8 Å². The molecule has 2 aliphatic heterocycles. The molecular weight excluding hydrogens is 396 g/mol. The summed E-state index contributed by atoms with van der Waals surface area (Å²) in [5, 5.41) is 1.47. The lowest BCUT2D eigenvalue weighted by atomic mass is 10.0. The summed E-state index contributed by atoms with van der Waals surface area (Å²) in [6, 6.07) is 4.14. The molecule has 2 saturated heterocycles. The zero-order valence-corrected chi connectivity index (χ0v) is 18.9. The van der Waals surface area contributed by atoms with E-state index in [1.54, 1.807) is 18.0 Å². The van der Waals surface area contributed by atoms with Crippen LogP contribution in [0.1, 0.15) is 62.2 Å². The van der Waals surface area contributed by atoms with Gasteiger partial charge in [0.05, 0.1) is 12.1 Å². The minimum absolute atomic E-state index is 0.0826. The molecule has 1 aliphatic carbocycles. The molecule has 4 rings (SSSR count). The molecule has 164 valence electrons. The van der Waals surface area contributed by atoms with Crippen LogP contribution in [-0.2, 0) is 4.79 Å². The van der Waals surface area contributed by atoms with Crippen molar-refractivity contribution < 1.29 is 9.59 Å². The van der Waals surface area contributed by atoms with E-state index in [1.165, 1.54) is 32.1 Å². The standard InChI is InChI=1S/C23H34N4O2S/c1-18-7-4-5-12-27(18)21(28)17-25-13-15-26(16-14-25)23(29)20-10-6-11-24-22(20)30-19-8-2-3-9-19/h6,10-11,18-19H,2-5,7-9,12-17H2,1H3. The zero-order valence-electron chi connectivity index (χ0n) is 18.1. The first-order valence-electron chi connectivity index (χ1n) is 11.5. The molecule has 1 saturated carbocycles. The van der Waals surface area contributed by atoms with Crippen LogP contribution in [0.5, 0.6) is 0 Å². The normalized spacial score (nSPS) is 23.7. The van der Waals surface area contributed by atoms with Gasteiger partial charge < -0.3 is 9.80 Å². The third kappa shape index (κ3) is 5.17. The Morgan fingerprint density at radius 2 is 1.77 bits per heavy atom. The average Bonchev–Trinajstić information content (AvgIpc) is 3.27. The highest BCUT2D eigenvalue weighted by molar-refractivity contribution is 7.99. The fourth-order valence-electron chi connectivity index (χ4n) is 4.84. The van der Waals surface area contributed by atoms with Crippen LogP contribution in [-0.4, -0.2) is 82.1 Å². The van der Waals surface area contributed by atoms with Crippen molar-refractivity contribution in [3.8, 4) is 0 Å². The van der Waals surface area contributed by atoms with Gasteiger partial charge in [-0.1, -0.05) is 12.8 Å². The van der Waals surface area contributed by atoms with Crippen LogP contribution in [0.3, 0.4) is 0 Å². The summed E-state index contributed by atoms with van der Waals surface area (Å²) in [7, 11) is 0. The fourth-order valence-corrected chi connectivity index (χ4v) is 6.13. The molecule has 0 aromatic carbocycles. The van der Waals surface area contributed by atoms with Crippen molar-refractivity contribution >= 4 is 23.6 Å². The molecule has 1 aromatic heterocycles. The molecule has 2 amide bonds. The SMILES string of the molecule is CC1CCCCN1C(=O)CN1CCN(C(=O)c2cccnc2SC2CCCC2)CC1. The Hall–Kier alpha value is -1.60. The van der Waals surface area contributed by atoms with Gasteiger partial charge in [-0.05, 0) is 51.2 Å². The van der Waals surface area contributed by atoms with E-state index >= 15 is 0 Å². The van der Waals surface area contributed by atoms with Gasteiger partial charge in [-0.2, -0.15) is 0 Å². The van der Waals surface area contributed by atoms with Crippen molar-refractivity contribution in [2.24, 2.45) is 0 Å². The number of aromatic nitrogens is 1. The van der Waals surface area contributed by atoms with Crippen LogP contribution in [0.25, 0.3) is 0 Å². The number of carbonyl (C=O) groups excluding carboxylic acids is 2. The molecule has 3 fully saturated rings. The number of pyridine rings is 1. The number of thioether (sulfide) groups is 1. The van der Waals surface area contributed by atoms with Gasteiger partial charge in [0.2, 0.25) is 5.91 Å². The molecule has 1 aromatic rings. The molecule has 1 atom stereocenters. The highest BCUT2D eigenvalue weighted by Gasteiger charge is 2.29. The molecule has 7 heteroatoms. The highest BCUT2D eigenvalue weighted by atomic mass is 32.2. The average molecular weight is 431 g/mol. The predicted molar refractivity (Wildman–Crippen MR) is 120 cm³/mol. The molecule has 1 unspecified atom stereocenters. The van der Waals surface area contributed by atoms with Crippen LogP contribution >= 0.6 is 11.8 Å². The monoisotopic (exact) mass is 430 g/mol. The molecule has 3 heterocycles. The Balaban J connectivity index is 1.31. The minimum atomic E-state index is 0.0826. The number of rotatable bonds is 5. The summed E-state index contributed by atoms with van der Waals surface area (Å²) >= 11 is 1.78. The van der Waals surface area contributed by atoms with Gasteiger partial charge in [0.15, 0.2) is 0 Å². The molecule has 0 radical (unpaired) electrons. The second kappa shape index (κ2) is 10.1. The van der Waals surface area contributed by atoms with Gasteiger partial charge in [0, 0.05) is 50.2 Å². The lowest BCUT2D eigenvalue weighted by Crippen LogP contribution is -2.53. The maximum Gasteiger partial charge on any atom is 0.256 e. The van der Waals surface area contributed by atoms with E-state index in [0.29, 0.717) is 30.9 Å². The molecule has 0 spiro atoms. The number of piperidine rings is 1. The van der Waals surface area contributed by atoms with Crippen molar-refractivity contribution in [1.29, 1.82) is 0 Å². The highest BCUT2D eigenvalue weighted by Crippen LogP contribution is 2.35. The minimum Gasteiger partial charge on any atom is -0.339 e. The lowest BCUT2D eigenvalue weighted by Gasteiger charge is -2.38. The van der Waals surface area contributed by atoms with E-state index in [9.17, 15) is 9.59 Å². The number of hydrogen-bond donors (Lipinski definition) is 0. The van der Waals surface area contributed by atoms with Crippen LogP contribution in [0.4, 0.5) is 0 Å². The molecule has 0 bridgehead atoms. The number of piperazine rings is 1. The van der Waals surface area contributed by atoms with E-state index < -0.39 is 0 Å². The second-order valence-electron chi connectivity index (χ2n) is 8.88. The molecule has 30 heavy (non-hydrogen) atoms. The van der Waals surface area contributed by atoms with Gasteiger partial charge in [-0.25, -0.2) is 4.98 Å². The van der Waals surface area contributed by atoms with E-state index in [0.717, 1.165) is 43.1 Å². The summed E-state index contributed by atoms with van der Waals surface area (Å²) in [6.45, 7) is 6.37. The smallest absolute Gasteiger partial charge is 0.256 e. The Morgan fingerprint density at radius 1 is 1.03 bits per heavy atom. The number of nitrogens with zero attached hydrogens (tertiary/aromatic N) is 4. The second-order valence-corrected chi connectivity index (χ2v) is 10.2. The summed E-state index contributed by atoms with van der Waals surface area (Å²) < 4.78 is 0. The molecule has 0 N–H and O–H groups in total. The Bertz CT molecular complexity index is 744. The predicted octanol–water partition coefficient (Wildman–Crippen LogP) is 3.28. The first kappa shape index (κ1) is 21.6. The largest absolute Gasteiger partial charge is 0.339 e. The van der Waals surface area contributed by atoms with Crippen LogP contribution < -0.4 is 0 Å². The van der Waals surface area contributed by atoms with Crippen molar-refractivity contribution in [3.05, 3.63) is 23.9 Å². The van der Waals surface area contributed by atoms with E-state index in [4.69, 9.17) is 0 Å². The maximum absolute atomic E-state index is 13.2. The Kier molecular flexibility index (Phi) is 7.31. The van der Waals surface area contributed by atoms with Crippen LogP contribution in [0.15, 0.2) is 23.4 Å². The Labute approximate surface area is 184 Å². The summed E-state index contributed by atoms with van der Waals surface area (Å²) in [4.78, 5) is 36.6.